The number of rotatable bonds is 0. The third-order valence-electron chi connectivity index (χ3n) is 2.81. The number of hydrogen-bond acceptors (Lipinski definition) is 3. The van der Waals surface area contributed by atoms with E-state index in [0.29, 0.717) is 0 Å². The molecule has 2 N–H and O–H groups in total. The summed E-state index contributed by atoms with van der Waals surface area (Å²) in [6, 6.07) is 13.6. The monoisotopic (exact) mass is 212 g/mol. The molecule has 0 spiro atoms. The van der Waals surface area contributed by atoms with Gasteiger partial charge in [0.15, 0.2) is 11.5 Å². The van der Waals surface area contributed by atoms with Crippen LogP contribution < -0.4 is 15.4 Å². The summed E-state index contributed by atoms with van der Waals surface area (Å²) in [7, 11) is 2.00. The molecule has 0 atom stereocenters. The largest absolute Gasteiger partial charge is 0.453 e. The Balaban J connectivity index is 2.23. The summed E-state index contributed by atoms with van der Waals surface area (Å²) < 4.78 is 5.81. The van der Waals surface area contributed by atoms with Crippen molar-refractivity contribution in [2.75, 3.05) is 17.7 Å². The van der Waals surface area contributed by atoms with Crippen molar-refractivity contribution < 1.29 is 4.74 Å². The van der Waals surface area contributed by atoms with Crippen molar-refractivity contribution in [3.8, 4) is 11.5 Å². The summed E-state index contributed by atoms with van der Waals surface area (Å²) in [5.41, 5.74) is 8.67. The Hall–Kier alpha value is -2.16. The molecule has 0 aliphatic carbocycles. The molecule has 0 amide bonds. The van der Waals surface area contributed by atoms with Gasteiger partial charge in [0.2, 0.25) is 0 Å². The highest BCUT2D eigenvalue weighted by atomic mass is 16.5. The first-order valence-electron chi connectivity index (χ1n) is 5.16. The molecular formula is C13H12N2O. The maximum atomic E-state index is 5.97. The highest BCUT2D eigenvalue weighted by Crippen LogP contribution is 2.47. The van der Waals surface area contributed by atoms with E-state index >= 15 is 0 Å². The van der Waals surface area contributed by atoms with Crippen molar-refractivity contribution >= 4 is 17.1 Å². The van der Waals surface area contributed by atoms with Gasteiger partial charge in [-0.1, -0.05) is 18.2 Å². The Labute approximate surface area is 94.1 Å². The number of para-hydroxylation sites is 3. The highest BCUT2D eigenvalue weighted by molar-refractivity contribution is 5.85. The van der Waals surface area contributed by atoms with Gasteiger partial charge in [-0.3, -0.25) is 0 Å². The van der Waals surface area contributed by atoms with Crippen LogP contribution in [-0.4, -0.2) is 7.05 Å². The minimum Gasteiger partial charge on any atom is -0.453 e. The first kappa shape index (κ1) is 9.09. The number of ether oxygens (including phenoxy) is 1. The molecule has 3 nitrogen and oxygen atoms in total. The quantitative estimate of drug-likeness (QED) is 0.682. The normalized spacial score (nSPS) is 12.7. The van der Waals surface area contributed by atoms with Crippen LogP contribution >= 0.6 is 0 Å². The lowest BCUT2D eigenvalue weighted by Crippen LogP contribution is -2.17. The second-order valence-electron chi connectivity index (χ2n) is 3.82. The number of nitrogens with two attached hydrogens (primary N) is 1. The van der Waals surface area contributed by atoms with Gasteiger partial charge < -0.3 is 15.4 Å². The SMILES string of the molecule is CN1c2ccccc2Oc2cccc(N)c21. The van der Waals surface area contributed by atoms with E-state index in [4.69, 9.17) is 10.5 Å². The summed E-state index contributed by atoms with van der Waals surface area (Å²) in [5.74, 6) is 1.67. The Morgan fingerprint density at radius 1 is 1.00 bits per heavy atom. The second kappa shape index (κ2) is 3.17. The van der Waals surface area contributed by atoms with Crippen LogP contribution in [0.3, 0.4) is 0 Å². The summed E-state index contributed by atoms with van der Waals surface area (Å²) in [6.07, 6.45) is 0. The number of hydrogen-bond donors (Lipinski definition) is 1. The van der Waals surface area contributed by atoms with Crippen LogP contribution in [0.1, 0.15) is 0 Å². The van der Waals surface area contributed by atoms with E-state index in [1.165, 1.54) is 0 Å². The van der Waals surface area contributed by atoms with Crippen molar-refractivity contribution in [3.05, 3.63) is 42.5 Å². The zero-order valence-electron chi connectivity index (χ0n) is 8.97. The zero-order chi connectivity index (χ0) is 11.1. The van der Waals surface area contributed by atoms with Gasteiger partial charge in [0.05, 0.1) is 11.4 Å². The Bertz CT molecular complexity index is 551. The van der Waals surface area contributed by atoms with Crippen LogP contribution in [0.2, 0.25) is 0 Å². The molecule has 0 radical (unpaired) electrons. The Morgan fingerprint density at radius 3 is 2.62 bits per heavy atom. The fourth-order valence-corrected chi connectivity index (χ4v) is 2.04. The zero-order valence-corrected chi connectivity index (χ0v) is 8.97. The number of benzene rings is 2. The van der Waals surface area contributed by atoms with Crippen molar-refractivity contribution in [2.24, 2.45) is 0 Å². The van der Waals surface area contributed by atoms with Gasteiger partial charge in [-0.2, -0.15) is 0 Å². The molecule has 1 aliphatic heterocycles. The van der Waals surface area contributed by atoms with Crippen molar-refractivity contribution in [2.45, 2.75) is 0 Å². The molecule has 3 rings (SSSR count). The van der Waals surface area contributed by atoms with Crippen LogP contribution in [-0.2, 0) is 0 Å². The van der Waals surface area contributed by atoms with E-state index in [2.05, 4.69) is 4.90 Å². The molecule has 1 heterocycles. The van der Waals surface area contributed by atoms with Crippen LogP contribution in [0.4, 0.5) is 17.1 Å². The molecule has 16 heavy (non-hydrogen) atoms. The molecular weight excluding hydrogens is 200 g/mol. The second-order valence-corrected chi connectivity index (χ2v) is 3.82. The smallest absolute Gasteiger partial charge is 0.153 e. The maximum absolute atomic E-state index is 5.97. The van der Waals surface area contributed by atoms with Gasteiger partial charge in [-0.15, -0.1) is 0 Å². The fraction of sp³-hybridized carbons (Fsp3) is 0.0769. The van der Waals surface area contributed by atoms with Crippen molar-refractivity contribution in [1.29, 1.82) is 0 Å². The first-order chi connectivity index (χ1) is 7.77. The number of anilines is 3. The van der Waals surface area contributed by atoms with Crippen molar-refractivity contribution in [3.63, 3.8) is 0 Å². The molecule has 2 aromatic carbocycles. The topological polar surface area (TPSA) is 38.5 Å². The molecule has 1 aliphatic rings. The lowest BCUT2D eigenvalue weighted by atomic mass is 10.1. The lowest BCUT2D eigenvalue weighted by Gasteiger charge is -2.30. The summed E-state index contributed by atoms with van der Waals surface area (Å²) in [5, 5.41) is 0. The summed E-state index contributed by atoms with van der Waals surface area (Å²) in [6.45, 7) is 0. The molecule has 0 fully saturated rings. The van der Waals surface area contributed by atoms with E-state index in [0.717, 1.165) is 28.6 Å². The van der Waals surface area contributed by atoms with Crippen LogP contribution in [0, 0.1) is 0 Å². The van der Waals surface area contributed by atoms with Gasteiger partial charge in [0, 0.05) is 7.05 Å². The molecule has 0 aromatic heterocycles. The number of fused-ring (bicyclic) bond motifs is 2. The average Bonchev–Trinajstić information content (AvgIpc) is 2.29. The van der Waals surface area contributed by atoms with E-state index in [1.54, 1.807) is 0 Å². The average molecular weight is 212 g/mol. The van der Waals surface area contributed by atoms with Gasteiger partial charge in [-0.05, 0) is 24.3 Å². The molecule has 0 saturated carbocycles. The molecule has 0 bridgehead atoms. The van der Waals surface area contributed by atoms with E-state index in [-0.39, 0.29) is 0 Å². The minimum absolute atomic E-state index is 0.731. The van der Waals surface area contributed by atoms with E-state index in [1.807, 2.05) is 49.5 Å². The third kappa shape index (κ3) is 1.15. The van der Waals surface area contributed by atoms with E-state index < -0.39 is 0 Å². The first-order valence-corrected chi connectivity index (χ1v) is 5.16. The molecule has 80 valence electrons. The Morgan fingerprint density at radius 2 is 1.75 bits per heavy atom. The number of nitrogens with zero attached hydrogens (tertiary/aromatic N) is 1. The van der Waals surface area contributed by atoms with Crippen LogP contribution in [0.15, 0.2) is 42.5 Å². The maximum Gasteiger partial charge on any atom is 0.153 e. The standard InChI is InChI=1S/C13H12N2O/c1-15-10-6-2-3-7-11(10)16-12-8-4-5-9(14)13(12)15/h2-8H,14H2,1H3. The molecule has 0 saturated heterocycles. The Kier molecular flexibility index (Phi) is 1.80. The number of nitrogen functional groups attached to an aromatic ring is 1. The summed E-state index contributed by atoms with van der Waals surface area (Å²) >= 11 is 0. The van der Waals surface area contributed by atoms with Crippen molar-refractivity contribution in [1.82, 2.24) is 0 Å². The molecule has 2 aromatic rings. The highest BCUT2D eigenvalue weighted by Gasteiger charge is 2.22. The van der Waals surface area contributed by atoms with Crippen LogP contribution in [0.5, 0.6) is 11.5 Å². The molecule has 0 unspecified atom stereocenters. The van der Waals surface area contributed by atoms with Gasteiger partial charge in [0.25, 0.3) is 0 Å². The minimum atomic E-state index is 0.731. The predicted octanol–water partition coefficient (Wildman–Crippen LogP) is 3.14. The van der Waals surface area contributed by atoms with Crippen LogP contribution in [0.25, 0.3) is 0 Å². The van der Waals surface area contributed by atoms with Gasteiger partial charge >= 0.3 is 0 Å². The summed E-state index contributed by atoms with van der Waals surface area (Å²) in [4.78, 5) is 2.06. The molecule has 3 heteroatoms. The van der Waals surface area contributed by atoms with E-state index in [9.17, 15) is 0 Å². The van der Waals surface area contributed by atoms with Gasteiger partial charge in [-0.25, -0.2) is 0 Å². The van der Waals surface area contributed by atoms with Gasteiger partial charge in [0.1, 0.15) is 5.69 Å². The fourth-order valence-electron chi connectivity index (χ4n) is 2.04. The lowest BCUT2D eigenvalue weighted by molar-refractivity contribution is 0.476. The predicted molar refractivity (Wildman–Crippen MR) is 65.4 cm³/mol. The third-order valence-corrected chi connectivity index (χ3v) is 2.81.